The van der Waals surface area contributed by atoms with Crippen LogP contribution in [0.25, 0.3) is 20.8 Å². The third-order valence-corrected chi connectivity index (χ3v) is 8.71. The minimum Gasteiger partial charge on any atom is -0.396 e. The smallest absolute Gasteiger partial charge is 0.225 e. The summed E-state index contributed by atoms with van der Waals surface area (Å²) in [6, 6.07) is 7.39. The number of hydrogen-bond donors (Lipinski definition) is 5. The summed E-state index contributed by atoms with van der Waals surface area (Å²) in [5.41, 5.74) is 4.15. The van der Waals surface area contributed by atoms with Crippen LogP contribution < -0.4 is 10.6 Å². The minimum absolute atomic E-state index is 0.185. The van der Waals surface area contributed by atoms with Crippen LogP contribution in [0, 0.1) is 18.7 Å². The second kappa shape index (κ2) is 10.4. The van der Waals surface area contributed by atoms with E-state index in [1.54, 1.807) is 12.1 Å². The molecule has 4 aromatic rings. The van der Waals surface area contributed by atoms with Crippen molar-refractivity contribution in [3.8, 4) is 10.6 Å². The van der Waals surface area contributed by atoms with Crippen LogP contribution in [-0.2, 0) is 0 Å². The van der Waals surface area contributed by atoms with Crippen molar-refractivity contribution >= 4 is 33.3 Å². The number of thiazole rings is 1. The fourth-order valence-electron chi connectivity index (χ4n) is 5.33. The summed E-state index contributed by atoms with van der Waals surface area (Å²) in [7, 11) is 0. The first-order valence-electron chi connectivity index (χ1n) is 13.2. The number of halogens is 1. The highest BCUT2D eigenvalue weighted by Crippen LogP contribution is 2.44. The second-order valence-corrected chi connectivity index (χ2v) is 11.5. The van der Waals surface area contributed by atoms with Crippen molar-refractivity contribution < 1.29 is 19.7 Å². The molecule has 5 atom stereocenters. The van der Waals surface area contributed by atoms with Crippen LogP contribution in [-0.4, -0.2) is 60.1 Å². The molecule has 0 spiro atoms. The lowest BCUT2D eigenvalue weighted by molar-refractivity contribution is 0.0390. The van der Waals surface area contributed by atoms with Crippen molar-refractivity contribution in [1.29, 1.82) is 0 Å². The molecule has 2 aliphatic rings. The van der Waals surface area contributed by atoms with Gasteiger partial charge in [0.15, 0.2) is 0 Å². The van der Waals surface area contributed by atoms with Crippen molar-refractivity contribution in [3.63, 3.8) is 0 Å². The summed E-state index contributed by atoms with van der Waals surface area (Å²) in [5, 5.41) is 38.3. The minimum atomic E-state index is -1.07. The molecule has 0 amide bonds. The van der Waals surface area contributed by atoms with E-state index in [0.717, 1.165) is 39.3 Å². The van der Waals surface area contributed by atoms with E-state index in [4.69, 9.17) is 15.0 Å². The number of rotatable bonds is 8. The van der Waals surface area contributed by atoms with E-state index in [-0.39, 0.29) is 30.8 Å². The molecule has 5 N–H and O–H groups in total. The first-order chi connectivity index (χ1) is 18.8. The first-order valence-corrected chi connectivity index (χ1v) is 14.0. The van der Waals surface area contributed by atoms with Crippen LogP contribution >= 0.6 is 11.3 Å². The molecule has 2 saturated carbocycles. The lowest BCUT2D eigenvalue weighted by atomic mass is 10.0. The van der Waals surface area contributed by atoms with Gasteiger partial charge in [-0.1, -0.05) is 12.1 Å². The summed E-state index contributed by atoms with van der Waals surface area (Å²) in [6.45, 7) is 3.63. The van der Waals surface area contributed by atoms with Gasteiger partial charge < -0.3 is 26.0 Å². The third-order valence-electron chi connectivity index (χ3n) is 7.67. The van der Waals surface area contributed by atoms with Crippen LogP contribution in [0.1, 0.15) is 55.1 Å². The Labute approximate surface area is 229 Å². The van der Waals surface area contributed by atoms with Crippen LogP contribution in [0.2, 0.25) is 0 Å². The number of benzene rings is 1. The third kappa shape index (κ3) is 5.07. The summed E-state index contributed by atoms with van der Waals surface area (Å²) < 4.78 is 14.5. The number of pyridine rings is 1. The molecule has 0 unspecified atom stereocenters. The second-order valence-electron chi connectivity index (χ2n) is 10.5. The van der Waals surface area contributed by atoms with Gasteiger partial charge in [-0.3, -0.25) is 4.98 Å². The predicted molar refractivity (Wildman–Crippen MR) is 148 cm³/mol. The average molecular weight is 551 g/mol. The standard InChI is InChI=1S/C28H31FN6O3S/c1-13(15-5-7-18(29)8-6-15)31-28-32-14(2)21(26(35-28)33-23-17(12-36)11-19(37)25(23)38)27-34-24-20(39-27)9-10-30-22(24)16-3-4-16/h5-10,13,16-17,19,23,25,36-38H,3-4,11-12H2,1-2H3,(H2,31,32,33,35)/t13-,17+,19-,23-,25-/m1/s1. The van der Waals surface area contributed by atoms with Gasteiger partial charge in [0.1, 0.15) is 28.3 Å². The zero-order valence-corrected chi connectivity index (χ0v) is 22.5. The molecular formula is C28H31FN6O3S. The maximum Gasteiger partial charge on any atom is 0.225 e. The van der Waals surface area contributed by atoms with Gasteiger partial charge in [0.2, 0.25) is 5.95 Å². The fraction of sp³-hybridized carbons (Fsp3) is 0.429. The Bertz CT molecular complexity index is 1490. The topological polar surface area (TPSA) is 136 Å². The quantitative estimate of drug-likeness (QED) is 0.219. The van der Waals surface area contributed by atoms with Crippen molar-refractivity contribution in [2.24, 2.45) is 5.92 Å². The Morgan fingerprint density at radius 1 is 1.10 bits per heavy atom. The Morgan fingerprint density at radius 2 is 1.87 bits per heavy atom. The van der Waals surface area contributed by atoms with Gasteiger partial charge in [-0.25, -0.2) is 14.4 Å². The van der Waals surface area contributed by atoms with E-state index in [1.165, 1.54) is 23.5 Å². The van der Waals surface area contributed by atoms with Crippen molar-refractivity contribution in [1.82, 2.24) is 19.9 Å². The molecule has 11 heteroatoms. The maximum atomic E-state index is 13.4. The van der Waals surface area contributed by atoms with E-state index >= 15 is 0 Å². The monoisotopic (exact) mass is 550 g/mol. The molecule has 9 nitrogen and oxygen atoms in total. The molecule has 3 heterocycles. The van der Waals surface area contributed by atoms with Gasteiger partial charge in [-0.05, 0) is 56.9 Å². The Kier molecular flexibility index (Phi) is 6.92. The van der Waals surface area contributed by atoms with Gasteiger partial charge >= 0.3 is 0 Å². The van der Waals surface area contributed by atoms with E-state index in [0.29, 0.717) is 28.9 Å². The SMILES string of the molecule is Cc1nc(N[C@H](C)c2ccc(F)cc2)nc(N[C@@H]2[C@H](CO)C[C@@H](O)[C@H]2O)c1-c1nc2c(C3CC3)nccc2s1. The molecule has 204 valence electrons. The number of hydrogen-bond acceptors (Lipinski definition) is 10. The number of nitrogens with one attached hydrogen (secondary N) is 2. The molecule has 0 radical (unpaired) electrons. The highest BCUT2D eigenvalue weighted by Gasteiger charge is 2.42. The maximum absolute atomic E-state index is 13.4. The molecule has 2 fully saturated rings. The molecule has 39 heavy (non-hydrogen) atoms. The summed E-state index contributed by atoms with van der Waals surface area (Å²) >= 11 is 1.53. The van der Waals surface area contributed by atoms with Gasteiger partial charge in [0, 0.05) is 24.6 Å². The Morgan fingerprint density at radius 3 is 2.59 bits per heavy atom. The van der Waals surface area contributed by atoms with E-state index in [9.17, 15) is 19.7 Å². The van der Waals surface area contributed by atoms with Crippen LogP contribution in [0.4, 0.5) is 16.2 Å². The number of aliphatic hydroxyl groups excluding tert-OH is 3. The number of aromatic nitrogens is 4. The van der Waals surface area contributed by atoms with E-state index in [2.05, 4.69) is 15.6 Å². The first kappa shape index (κ1) is 26.0. The lowest BCUT2D eigenvalue weighted by Crippen LogP contribution is -2.38. The molecule has 6 rings (SSSR count). The Balaban J connectivity index is 1.41. The number of aryl methyl sites for hydroxylation is 1. The molecule has 3 aromatic heterocycles. The van der Waals surface area contributed by atoms with Gasteiger partial charge in [-0.15, -0.1) is 11.3 Å². The molecule has 0 aliphatic heterocycles. The van der Waals surface area contributed by atoms with Crippen LogP contribution in [0.3, 0.4) is 0 Å². The van der Waals surface area contributed by atoms with Crippen molar-refractivity contribution in [2.45, 2.75) is 63.3 Å². The van der Waals surface area contributed by atoms with Crippen LogP contribution in [0.15, 0.2) is 36.5 Å². The van der Waals surface area contributed by atoms with E-state index in [1.807, 2.05) is 26.1 Å². The molecule has 0 bridgehead atoms. The zero-order chi connectivity index (χ0) is 27.3. The largest absolute Gasteiger partial charge is 0.396 e. The Hall–Kier alpha value is -3.25. The van der Waals surface area contributed by atoms with Crippen molar-refractivity contribution in [3.05, 3.63) is 59.3 Å². The summed E-state index contributed by atoms with van der Waals surface area (Å²) in [4.78, 5) is 19.1. The van der Waals surface area contributed by atoms with Gasteiger partial charge in [-0.2, -0.15) is 4.98 Å². The fourth-order valence-corrected chi connectivity index (χ4v) is 6.39. The van der Waals surface area contributed by atoms with Crippen molar-refractivity contribution in [2.75, 3.05) is 17.2 Å². The highest BCUT2D eigenvalue weighted by atomic mass is 32.1. The summed E-state index contributed by atoms with van der Waals surface area (Å²) in [5.74, 6) is 0.589. The number of nitrogens with zero attached hydrogens (tertiary/aromatic N) is 4. The predicted octanol–water partition coefficient (Wildman–Crippen LogP) is 4.16. The molecule has 0 saturated heterocycles. The molecular weight excluding hydrogens is 519 g/mol. The zero-order valence-electron chi connectivity index (χ0n) is 21.7. The lowest BCUT2D eigenvalue weighted by Gasteiger charge is -2.25. The molecule has 1 aromatic carbocycles. The van der Waals surface area contributed by atoms with E-state index < -0.39 is 18.2 Å². The number of aliphatic hydroxyl groups is 3. The number of fused-ring (bicyclic) bond motifs is 1. The summed E-state index contributed by atoms with van der Waals surface area (Å²) in [6.07, 6.45) is 2.32. The highest BCUT2D eigenvalue weighted by molar-refractivity contribution is 7.21. The number of anilines is 2. The average Bonchev–Trinajstić information content (AvgIpc) is 3.61. The van der Waals surface area contributed by atoms with Crippen LogP contribution in [0.5, 0.6) is 0 Å². The van der Waals surface area contributed by atoms with Gasteiger partial charge in [0.05, 0.1) is 39.8 Å². The van der Waals surface area contributed by atoms with Gasteiger partial charge in [0.25, 0.3) is 0 Å². The molecule has 2 aliphatic carbocycles. The normalized spacial score (nSPS) is 23.7.